The molecule has 90 valence electrons. The molecule has 4 nitrogen and oxygen atoms in total. The topological polar surface area (TPSA) is 61.7 Å². The van der Waals surface area contributed by atoms with Crippen LogP contribution in [0.25, 0.3) is 0 Å². The summed E-state index contributed by atoms with van der Waals surface area (Å²) in [6, 6.07) is 4.62. The fraction of sp³-hybridized carbons (Fsp3) is 0.273. The Bertz CT molecular complexity index is 477. The van der Waals surface area contributed by atoms with Gasteiger partial charge in [0.1, 0.15) is 11.7 Å². The molecular formula is C11H11FN2O2S. The van der Waals surface area contributed by atoms with Gasteiger partial charge in [-0.1, -0.05) is 6.07 Å². The number of hydrogen-bond acceptors (Lipinski definition) is 4. The Balaban J connectivity index is 2.30. The van der Waals surface area contributed by atoms with Crippen molar-refractivity contribution in [2.75, 3.05) is 18.8 Å². The van der Waals surface area contributed by atoms with E-state index in [-0.39, 0.29) is 11.6 Å². The van der Waals surface area contributed by atoms with E-state index < -0.39 is 5.97 Å². The van der Waals surface area contributed by atoms with Gasteiger partial charge in [0, 0.05) is 11.4 Å². The van der Waals surface area contributed by atoms with Gasteiger partial charge in [0.15, 0.2) is 0 Å². The molecular weight excluding hydrogens is 243 g/mol. The highest BCUT2D eigenvalue weighted by Gasteiger charge is 2.17. The Morgan fingerprint density at radius 3 is 3.06 bits per heavy atom. The van der Waals surface area contributed by atoms with Crippen molar-refractivity contribution in [3.8, 4) is 0 Å². The predicted octanol–water partition coefficient (Wildman–Crippen LogP) is 1.35. The number of rotatable bonds is 4. The van der Waals surface area contributed by atoms with Crippen LogP contribution in [0.3, 0.4) is 0 Å². The van der Waals surface area contributed by atoms with Crippen molar-refractivity contribution in [1.82, 2.24) is 5.32 Å². The minimum atomic E-state index is -0.925. The van der Waals surface area contributed by atoms with Crippen LogP contribution < -0.4 is 5.32 Å². The molecule has 0 radical (unpaired) electrons. The first-order chi connectivity index (χ1) is 8.18. The molecule has 0 aliphatic carbocycles. The van der Waals surface area contributed by atoms with Crippen LogP contribution >= 0.6 is 11.8 Å². The number of amidine groups is 1. The first kappa shape index (κ1) is 11.9. The van der Waals surface area contributed by atoms with Crippen LogP contribution in [0.1, 0.15) is 5.56 Å². The summed E-state index contributed by atoms with van der Waals surface area (Å²) in [4.78, 5) is 15.3. The highest BCUT2D eigenvalue weighted by Crippen LogP contribution is 2.25. The molecule has 0 saturated carbocycles. The van der Waals surface area contributed by atoms with Gasteiger partial charge in [-0.05, 0) is 12.1 Å². The second-order valence-corrected chi connectivity index (χ2v) is 4.47. The van der Waals surface area contributed by atoms with Gasteiger partial charge in [-0.2, -0.15) is 0 Å². The number of nitrogens with one attached hydrogen (secondary N) is 1. The third kappa shape index (κ3) is 2.76. The zero-order valence-corrected chi connectivity index (χ0v) is 9.76. The number of carboxylic acids is 1. The van der Waals surface area contributed by atoms with E-state index in [4.69, 9.17) is 5.11 Å². The Morgan fingerprint density at radius 2 is 2.41 bits per heavy atom. The molecule has 0 spiro atoms. The monoisotopic (exact) mass is 254 g/mol. The molecule has 0 fully saturated rings. The lowest BCUT2D eigenvalue weighted by atomic mass is 10.2. The molecule has 0 bridgehead atoms. The molecule has 2 rings (SSSR count). The van der Waals surface area contributed by atoms with Crippen LogP contribution in [-0.2, 0) is 4.79 Å². The Morgan fingerprint density at radius 1 is 1.59 bits per heavy atom. The lowest BCUT2D eigenvalue weighted by Crippen LogP contribution is -2.21. The summed E-state index contributed by atoms with van der Waals surface area (Å²) in [6.07, 6.45) is 0. The van der Waals surface area contributed by atoms with Crippen molar-refractivity contribution in [3.05, 3.63) is 29.6 Å². The zero-order valence-electron chi connectivity index (χ0n) is 8.94. The van der Waals surface area contributed by atoms with Gasteiger partial charge >= 0.3 is 5.97 Å². The maximum atomic E-state index is 13.7. The fourth-order valence-corrected chi connectivity index (χ4v) is 2.35. The summed E-state index contributed by atoms with van der Waals surface area (Å²) in [5, 5.41) is 11.6. The molecule has 0 atom stereocenters. The van der Waals surface area contributed by atoms with Crippen molar-refractivity contribution in [1.29, 1.82) is 0 Å². The van der Waals surface area contributed by atoms with Crippen LogP contribution in [0, 0.1) is 5.82 Å². The van der Waals surface area contributed by atoms with Crippen LogP contribution in [0.4, 0.5) is 4.39 Å². The van der Waals surface area contributed by atoms with Gasteiger partial charge in [-0.3, -0.25) is 9.79 Å². The molecule has 2 N–H and O–H groups in total. The molecule has 0 aromatic heterocycles. The number of carbonyl (C=O) groups is 1. The van der Waals surface area contributed by atoms with Gasteiger partial charge in [-0.25, -0.2) is 4.39 Å². The third-order valence-electron chi connectivity index (χ3n) is 2.24. The van der Waals surface area contributed by atoms with E-state index in [0.29, 0.717) is 29.4 Å². The molecule has 1 heterocycles. The molecule has 0 amide bonds. The summed E-state index contributed by atoms with van der Waals surface area (Å²) >= 11 is 1.10. The molecule has 17 heavy (non-hydrogen) atoms. The molecule has 0 saturated heterocycles. The van der Waals surface area contributed by atoms with E-state index in [2.05, 4.69) is 10.3 Å². The normalized spacial score (nSPS) is 14.3. The second-order valence-electron chi connectivity index (χ2n) is 3.45. The molecule has 1 aliphatic heterocycles. The fourth-order valence-electron chi connectivity index (χ4n) is 1.56. The van der Waals surface area contributed by atoms with Crippen molar-refractivity contribution in [2.45, 2.75) is 4.90 Å². The molecule has 0 unspecified atom stereocenters. The number of aliphatic imine (C=N–C) groups is 1. The number of carboxylic acid groups (broad SMARTS) is 1. The number of thioether (sulfide) groups is 1. The summed E-state index contributed by atoms with van der Waals surface area (Å²) in [6.45, 7) is 1.30. The van der Waals surface area contributed by atoms with E-state index >= 15 is 0 Å². The van der Waals surface area contributed by atoms with Gasteiger partial charge in [-0.15, -0.1) is 11.8 Å². The van der Waals surface area contributed by atoms with Gasteiger partial charge in [0.25, 0.3) is 0 Å². The lowest BCUT2D eigenvalue weighted by Gasteiger charge is -2.09. The molecule has 1 aromatic carbocycles. The first-order valence-electron chi connectivity index (χ1n) is 5.10. The predicted molar refractivity (Wildman–Crippen MR) is 64.2 cm³/mol. The average molecular weight is 254 g/mol. The van der Waals surface area contributed by atoms with Gasteiger partial charge in [0.2, 0.25) is 0 Å². The van der Waals surface area contributed by atoms with Crippen molar-refractivity contribution < 1.29 is 14.3 Å². The van der Waals surface area contributed by atoms with Crippen molar-refractivity contribution in [3.63, 3.8) is 0 Å². The standard InChI is InChI=1S/C11H11FN2O2S/c12-7-2-1-3-8(17-6-9(15)16)10(7)11-13-4-5-14-11/h1-3H,4-6H2,(H,13,14)(H,15,16). The Hall–Kier alpha value is -1.56. The number of hydrogen-bond donors (Lipinski definition) is 2. The second kappa shape index (κ2) is 5.18. The van der Waals surface area contributed by atoms with Crippen LogP contribution in [0.15, 0.2) is 28.1 Å². The summed E-state index contributed by atoms with van der Waals surface area (Å²) in [5.74, 6) is -0.889. The summed E-state index contributed by atoms with van der Waals surface area (Å²) in [5.41, 5.74) is 0.372. The van der Waals surface area contributed by atoms with E-state index in [1.165, 1.54) is 6.07 Å². The first-order valence-corrected chi connectivity index (χ1v) is 6.09. The van der Waals surface area contributed by atoms with Crippen LogP contribution in [0.2, 0.25) is 0 Å². The molecule has 1 aromatic rings. The van der Waals surface area contributed by atoms with Crippen molar-refractivity contribution >= 4 is 23.6 Å². The zero-order chi connectivity index (χ0) is 12.3. The lowest BCUT2D eigenvalue weighted by molar-refractivity contribution is -0.133. The van der Waals surface area contributed by atoms with Crippen molar-refractivity contribution in [2.24, 2.45) is 4.99 Å². The third-order valence-corrected chi connectivity index (χ3v) is 3.28. The maximum Gasteiger partial charge on any atom is 0.313 e. The number of benzene rings is 1. The van der Waals surface area contributed by atoms with Crippen LogP contribution in [-0.4, -0.2) is 35.8 Å². The molecule has 1 aliphatic rings. The number of nitrogens with zero attached hydrogens (tertiary/aromatic N) is 1. The van der Waals surface area contributed by atoms with E-state index in [0.717, 1.165) is 11.8 Å². The summed E-state index contributed by atoms with van der Waals surface area (Å²) in [7, 11) is 0. The SMILES string of the molecule is O=C(O)CSc1cccc(F)c1C1=NCCN1. The molecule has 6 heteroatoms. The Kier molecular flexibility index (Phi) is 3.63. The summed E-state index contributed by atoms with van der Waals surface area (Å²) < 4.78 is 13.7. The van der Waals surface area contributed by atoms with E-state index in [1.807, 2.05) is 0 Å². The van der Waals surface area contributed by atoms with Crippen LogP contribution in [0.5, 0.6) is 0 Å². The highest BCUT2D eigenvalue weighted by atomic mass is 32.2. The van der Waals surface area contributed by atoms with E-state index in [9.17, 15) is 9.18 Å². The minimum absolute atomic E-state index is 0.0935. The average Bonchev–Trinajstić information content (AvgIpc) is 2.79. The Labute approximate surface area is 102 Å². The highest BCUT2D eigenvalue weighted by molar-refractivity contribution is 8.00. The smallest absolute Gasteiger partial charge is 0.313 e. The number of aliphatic carboxylic acids is 1. The maximum absolute atomic E-state index is 13.7. The quantitative estimate of drug-likeness (QED) is 0.796. The largest absolute Gasteiger partial charge is 0.481 e. The van der Waals surface area contributed by atoms with Gasteiger partial charge < -0.3 is 10.4 Å². The van der Waals surface area contributed by atoms with E-state index in [1.54, 1.807) is 12.1 Å². The van der Waals surface area contributed by atoms with Gasteiger partial charge in [0.05, 0.1) is 17.9 Å². The minimum Gasteiger partial charge on any atom is -0.481 e. The number of halogens is 1.